The van der Waals surface area contributed by atoms with Crippen LogP contribution in [0.5, 0.6) is 5.75 Å². The van der Waals surface area contributed by atoms with Crippen molar-refractivity contribution in [2.45, 2.75) is 20.4 Å². The van der Waals surface area contributed by atoms with Crippen LogP contribution in [-0.4, -0.2) is 6.73 Å². The Balaban J connectivity index is 1.69. The van der Waals surface area contributed by atoms with Crippen LogP contribution in [0.2, 0.25) is 0 Å². The molecule has 0 amide bonds. The van der Waals surface area contributed by atoms with Crippen molar-refractivity contribution < 1.29 is 9.15 Å². The van der Waals surface area contributed by atoms with Crippen LogP contribution < -0.4 is 15.3 Å². The summed E-state index contributed by atoms with van der Waals surface area (Å²) in [5, 5.41) is 0.933. The van der Waals surface area contributed by atoms with E-state index in [0.717, 1.165) is 39.9 Å². The molecule has 2 heterocycles. The molecule has 0 bridgehead atoms. The molecule has 5 rings (SSSR count). The van der Waals surface area contributed by atoms with Gasteiger partial charge in [-0.25, -0.2) is 4.79 Å². The van der Waals surface area contributed by atoms with Crippen molar-refractivity contribution in [3.8, 4) is 16.9 Å². The first-order valence-electron chi connectivity index (χ1n) is 9.71. The minimum Gasteiger partial charge on any atom is -0.472 e. The first kappa shape index (κ1) is 17.6. The minimum absolute atomic E-state index is 0.350. The van der Waals surface area contributed by atoms with Crippen LogP contribution in [0.25, 0.3) is 22.1 Å². The summed E-state index contributed by atoms with van der Waals surface area (Å²) in [6, 6.07) is 21.9. The lowest BCUT2D eigenvalue weighted by molar-refractivity contribution is 0.287. The predicted octanol–water partition coefficient (Wildman–Crippen LogP) is 5.43. The predicted molar refractivity (Wildman–Crippen MR) is 116 cm³/mol. The highest BCUT2D eigenvalue weighted by molar-refractivity contribution is 5.96. The third-order valence-electron chi connectivity index (χ3n) is 5.56. The van der Waals surface area contributed by atoms with Crippen molar-refractivity contribution in [2.75, 3.05) is 11.6 Å². The van der Waals surface area contributed by atoms with Gasteiger partial charge in [-0.05, 0) is 42.7 Å². The van der Waals surface area contributed by atoms with E-state index in [1.165, 1.54) is 11.3 Å². The normalized spacial score (nSPS) is 13.2. The quantitative estimate of drug-likeness (QED) is 0.433. The average molecular weight is 383 g/mol. The van der Waals surface area contributed by atoms with Gasteiger partial charge in [-0.3, -0.25) is 0 Å². The van der Waals surface area contributed by atoms with Crippen molar-refractivity contribution in [2.24, 2.45) is 0 Å². The molecule has 1 aliphatic rings. The second-order valence-electron chi connectivity index (χ2n) is 7.47. The van der Waals surface area contributed by atoms with Crippen LogP contribution in [0, 0.1) is 13.8 Å². The first-order chi connectivity index (χ1) is 14.1. The second kappa shape index (κ2) is 6.82. The topological polar surface area (TPSA) is 42.7 Å². The van der Waals surface area contributed by atoms with Gasteiger partial charge in [-0.2, -0.15) is 0 Å². The molecule has 29 heavy (non-hydrogen) atoms. The number of fused-ring (bicyclic) bond motifs is 2. The molecule has 4 heteroatoms. The van der Waals surface area contributed by atoms with Crippen molar-refractivity contribution in [3.05, 3.63) is 93.8 Å². The molecule has 4 aromatic rings. The molecule has 0 unspecified atom stereocenters. The van der Waals surface area contributed by atoms with Gasteiger partial charge in [0, 0.05) is 34.8 Å². The molecule has 0 aliphatic carbocycles. The molecule has 0 spiro atoms. The minimum atomic E-state index is -0.350. The lowest BCUT2D eigenvalue weighted by atomic mass is 9.97. The molecular formula is C25H21NO3. The van der Waals surface area contributed by atoms with Crippen LogP contribution in [0.1, 0.15) is 16.7 Å². The van der Waals surface area contributed by atoms with Gasteiger partial charge in [0.15, 0.2) is 6.73 Å². The van der Waals surface area contributed by atoms with Crippen LogP contribution in [0.4, 0.5) is 5.69 Å². The van der Waals surface area contributed by atoms with Crippen LogP contribution >= 0.6 is 0 Å². The van der Waals surface area contributed by atoms with E-state index in [1.807, 2.05) is 49.4 Å². The number of hydrogen-bond donors (Lipinski definition) is 0. The molecule has 0 saturated carbocycles. The molecule has 0 saturated heterocycles. The van der Waals surface area contributed by atoms with E-state index in [-0.39, 0.29) is 5.63 Å². The third-order valence-corrected chi connectivity index (χ3v) is 5.56. The van der Waals surface area contributed by atoms with Gasteiger partial charge >= 0.3 is 5.63 Å². The molecule has 0 radical (unpaired) electrons. The zero-order chi connectivity index (χ0) is 20.0. The molecule has 144 valence electrons. The van der Waals surface area contributed by atoms with E-state index in [4.69, 9.17) is 9.15 Å². The monoisotopic (exact) mass is 383 g/mol. The van der Waals surface area contributed by atoms with Gasteiger partial charge in [0.1, 0.15) is 11.3 Å². The average Bonchev–Trinajstić information content (AvgIpc) is 2.75. The Morgan fingerprint density at radius 3 is 2.48 bits per heavy atom. The van der Waals surface area contributed by atoms with E-state index in [1.54, 1.807) is 6.07 Å². The van der Waals surface area contributed by atoms with Gasteiger partial charge in [-0.15, -0.1) is 0 Å². The van der Waals surface area contributed by atoms with Gasteiger partial charge in [0.25, 0.3) is 0 Å². The van der Waals surface area contributed by atoms with Gasteiger partial charge < -0.3 is 14.1 Å². The van der Waals surface area contributed by atoms with Gasteiger partial charge in [0.05, 0.1) is 0 Å². The lowest BCUT2D eigenvalue weighted by Crippen LogP contribution is -2.32. The number of benzene rings is 3. The fraction of sp³-hybridized carbons (Fsp3) is 0.160. The largest absolute Gasteiger partial charge is 0.472 e. The zero-order valence-electron chi connectivity index (χ0n) is 16.4. The molecule has 1 aromatic heterocycles. The van der Waals surface area contributed by atoms with Crippen LogP contribution in [0.15, 0.2) is 75.9 Å². The summed E-state index contributed by atoms with van der Waals surface area (Å²) in [5.41, 5.74) is 6.48. The third kappa shape index (κ3) is 2.97. The van der Waals surface area contributed by atoms with E-state index in [9.17, 15) is 4.79 Å². The highest BCUT2D eigenvalue weighted by atomic mass is 16.5. The first-order valence-corrected chi connectivity index (χ1v) is 9.71. The van der Waals surface area contributed by atoms with Gasteiger partial charge in [0.2, 0.25) is 0 Å². The van der Waals surface area contributed by atoms with Crippen molar-refractivity contribution in [1.82, 2.24) is 0 Å². The second-order valence-corrected chi connectivity index (χ2v) is 7.47. The molecule has 0 atom stereocenters. The van der Waals surface area contributed by atoms with Crippen molar-refractivity contribution >= 4 is 16.7 Å². The van der Waals surface area contributed by atoms with Crippen LogP contribution in [-0.2, 0) is 6.54 Å². The zero-order valence-corrected chi connectivity index (χ0v) is 16.4. The molecular weight excluding hydrogens is 362 g/mol. The van der Waals surface area contributed by atoms with Crippen molar-refractivity contribution in [1.29, 1.82) is 0 Å². The summed E-state index contributed by atoms with van der Waals surface area (Å²) < 4.78 is 11.7. The Morgan fingerprint density at radius 1 is 0.931 bits per heavy atom. The van der Waals surface area contributed by atoms with E-state index < -0.39 is 0 Å². The van der Waals surface area contributed by atoms with E-state index >= 15 is 0 Å². The maximum Gasteiger partial charge on any atom is 0.336 e. The number of hydrogen-bond acceptors (Lipinski definition) is 4. The highest BCUT2D eigenvalue weighted by Gasteiger charge is 2.24. The molecule has 1 aliphatic heterocycles. The highest BCUT2D eigenvalue weighted by Crippen LogP contribution is 2.39. The van der Waals surface area contributed by atoms with E-state index in [2.05, 4.69) is 30.0 Å². The van der Waals surface area contributed by atoms with Gasteiger partial charge in [-0.1, -0.05) is 48.5 Å². The number of nitrogens with zero attached hydrogens (tertiary/aromatic N) is 1. The summed E-state index contributed by atoms with van der Waals surface area (Å²) in [6.45, 7) is 5.28. The summed E-state index contributed by atoms with van der Waals surface area (Å²) in [5.74, 6) is 0.815. The maximum absolute atomic E-state index is 12.3. The number of aryl methyl sites for hydroxylation is 2. The molecule has 3 aromatic carbocycles. The molecule has 4 nitrogen and oxygen atoms in total. The Bertz CT molecular complexity index is 1270. The number of para-hydroxylation sites is 1. The summed E-state index contributed by atoms with van der Waals surface area (Å²) in [6.07, 6.45) is 0. The lowest BCUT2D eigenvalue weighted by Gasteiger charge is -2.33. The Kier molecular flexibility index (Phi) is 4.13. The maximum atomic E-state index is 12.3. The number of anilines is 1. The Hall–Kier alpha value is -3.53. The Labute approximate surface area is 169 Å². The molecule has 0 fully saturated rings. The van der Waals surface area contributed by atoms with Crippen LogP contribution in [0.3, 0.4) is 0 Å². The number of rotatable bonds is 2. The summed E-state index contributed by atoms with van der Waals surface area (Å²) >= 11 is 0. The summed E-state index contributed by atoms with van der Waals surface area (Å²) in [4.78, 5) is 14.5. The fourth-order valence-corrected chi connectivity index (χ4v) is 4.15. The van der Waals surface area contributed by atoms with Crippen molar-refractivity contribution in [3.63, 3.8) is 0 Å². The van der Waals surface area contributed by atoms with E-state index in [0.29, 0.717) is 12.3 Å². The number of ether oxygens (including phenoxy) is 1. The summed E-state index contributed by atoms with van der Waals surface area (Å²) in [7, 11) is 0. The Morgan fingerprint density at radius 2 is 1.69 bits per heavy atom. The standard InChI is InChI=1S/C25H21NO3/c1-16-8-6-7-11-22(16)26-14-19-12-21-20(18-9-4-3-5-10-18)13-23(27)29-25(21)17(2)24(19)28-15-26/h3-13H,14-15H2,1-2H3. The fourth-order valence-electron chi connectivity index (χ4n) is 4.15. The SMILES string of the molecule is Cc1ccccc1N1COc2c(cc3c(-c4ccccc4)cc(=O)oc3c2C)C1. The molecule has 0 N–H and O–H groups in total. The smallest absolute Gasteiger partial charge is 0.336 e.